The first-order chi connectivity index (χ1) is 8.27. The molecule has 0 heterocycles. The fourth-order valence-corrected chi connectivity index (χ4v) is 2.73. The zero-order valence-electron chi connectivity index (χ0n) is 11.6. The van der Waals surface area contributed by atoms with Crippen molar-refractivity contribution in [3.05, 3.63) is 0 Å². The van der Waals surface area contributed by atoms with Crippen LogP contribution in [0.4, 0.5) is 0 Å². The van der Waals surface area contributed by atoms with Gasteiger partial charge < -0.3 is 0 Å². The van der Waals surface area contributed by atoms with Crippen LogP contribution in [0.25, 0.3) is 0 Å². The van der Waals surface area contributed by atoms with E-state index in [1.807, 2.05) is 6.92 Å². The minimum atomic E-state index is -4.42. The van der Waals surface area contributed by atoms with E-state index in [0.717, 1.165) is 38.5 Å². The lowest BCUT2D eigenvalue weighted by atomic mass is 9.92. The Kier molecular flexibility index (Phi) is 8.02. The second-order valence-electron chi connectivity index (χ2n) is 5.02. The van der Waals surface area contributed by atoms with Gasteiger partial charge in [-0.25, -0.2) is 0 Å². The van der Waals surface area contributed by atoms with Crippen LogP contribution in [0.2, 0.25) is 0 Å². The topological polar surface area (TPSA) is 106 Å². The van der Waals surface area contributed by atoms with E-state index < -0.39 is 15.1 Å². The number of hydrogen-bond donors (Lipinski definition) is 3. The van der Waals surface area contributed by atoms with Crippen molar-refractivity contribution in [1.82, 2.24) is 0 Å². The van der Waals surface area contributed by atoms with E-state index in [-0.39, 0.29) is 5.92 Å². The summed E-state index contributed by atoms with van der Waals surface area (Å²) in [5.41, 5.74) is 11.3. The van der Waals surface area contributed by atoms with Gasteiger partial charge in [0.05, 0.1) is 0 Å². The molecule has 0 aliphatic heterocycles. The van der Waals surface area contributed by atoms with E-state index in [4.69, 9.17) is 16.0 Å². The number of nitrogens with two attached hydrogens (primary N) is 2. The standard InChI is InChI=1S/C12H28N2O3S/c1-3-5-7-8-10-11(9-6-4-2)12(13,14)18(15,16)17/h11H,3-10,13-14H2,1-2H3,(H,15,16,17). The van der Waals surface area contributed by atoms with E-state index in [1.54, 1.807) is 0 Å². The van der Waals surface area contributed by atoms with Gasteiger partial charge in [-0.15, -0.1) is 0 Å². The summed E-state index contributed by atoms with van der Waals surface area (Å²) in [4.78, 5) is -2.02. The molecule has 0 spiro atoms. The van der Waals surface area contributed by atoms with Crippen molar-refractivity contribution in [2.75, 3.05) is 0 Å². The smallest absolute Gasteiger partial charge is 0.297 e. The van der Waals surface area contributed by atoms with E-state index in [2.05, 4.69) is 6.92 Å². The van der Waals surface area contributed by atoms with Crippen molar-refractivity contribution in [2.24, 2.45) is 17.4 Å². The molecular formula is C12H28N2O3S. The molecule has 0 bridgehead atoms. The lowest BCUT2D eigenvalue weighted by Crippen LogP contribution is -2.61. The lowest BCUT2D eigenvalue weighted by molar-refractivity contribution is 0.288. The maximum absolute atomic E-state index is 11.3. The van der Waals surface area contributed by atoms with Gasteiger partial charge >= 0.3 is 0 Å². The van der Waals surface area contributed by atoms with Gasteiger partial charge in [0.2, 0.25) is 0 Å². The molecule has 5 nitrogen and oxygen atoms in total. The number of unbranched alkanes of at least 4 members (excludes halogenated alkanes) is 4. The minimum Gasteiger partial charge on any atom is -0.298 e. The molecule has 0 fully saturated rings. The molecule has 0 aromatic heterocycles. The van der Waals surface area contributed by atoms with Crippen molar-refractivity contribution in [1.29, 1.82) is 0 Å². The first-order valence-electron chi connectivity index (χ1n) is 6.82. The van der Waals surface area contributed by atoms with Crippen LogP contribution in [-0.4, -0.2) is 18.0 Å². The largest absolute Gasteiger partial charge is 0.298 e. The first-order valence-corrected chi connectivity index (χ1v) is 8.26. The molecule has 0 radical (unpaired) electrons. The Bertz CT molecular complexity index is 315. The van der Waals surface area contributed by atoms with Gasteiger partial charge in [0, 0.05) is 5.92 Å². The van der Waals surface area contributed by atoms with Gasteiger partial charge in [0.1, 0.15) is 0 Å². The summed E-state index contributed by atoms with van der Waals surface area (Å²) in [6.45, 7) is 4.14. The average molecular weight is 280 g/mol. The summed E-state index contributed by atoms with van der Waals surface area (Å²) < 4.78 is 31.6. The summed E-state index contributed by atoms with van der Waals surface area (Å²) >= 11 is 0. The monoisotopic (exact) mass is 280 g/mol. The fourth-order valence-electron chi connectivity index (χ4n) is 2.07. The molecule has 0 amide bonds. The highest BCUT2D eigenvalue weighted by molar-refractivity contribution is 7.87. The second kappa shape index (κ2) is 8.09. The van der Waals surface area contributed by atoms with Crippen LogP contribution >= 0.6 is 0 Å². The predicted octanol–water partition coefficient (Wildman–Crippen LogP) is 2.22. The Labute approximate surface area is 111 Å². The Morgan fingerprint density at radius 2 is 1.50 bits per heavy atom. The zero-order chi connectivity index (χ0) is 14.2. The third-order valence-corrected chi connectivity index (χ3v) is 4.62. The SMILES string of the molecule is CCCCCCC(CCCC)C(N)(N)S(=O)(=O)O. The molecular weight excluding hydrogens is 252 g/mol. The molecule has 0 aromatic carbocycles. The lowest BCUT2D eigenvalue weighted by Gasteiger charge is -2.31. The Morgan fingerprint density at radius 1 is 1.00 bits per heavy atom. The summed E-state index contributed by atoms with van der Waals surface area (Å²) in [6, 6.07) is 0. The van der Waals surface area contributed by atoms with Crippen molar-refractivity contribution in [3.63, 3.8) is 0 Å². The minimum absolute atomic E-state index is 0.385. The van der Waals surface area contributed by atoms with Crippen LogP contribution in [0.3, 0.4) is 0 Å². The molecule has 0 saturated heterocycles. The molecule has 110 valence electrons. The molecule has 18 heavy (non-hydrogen) atoms. The quantitative estimate of drug-likeness (QED) is 0.323. The Hall–Kier alpha value is -0.170. The molecule has 0 saturated carbocycles. The van der Waals surface area contributed by atoms with Gasteiger partial charge in [-0.1, -0.05) is 52.4 Å². The Balaban J connectivity index is 4.56. The van der Waals surface area contributed by atoms with E-state index in [9.17, 15) is 8.42 Å². The van der Waals surface area contributed by atoms with Gasteiger partial charge in [-0.05, 0) is 12.8 Å². The normalized spacial score (nSPS) is 14.7. The second-order valence-corrected chi connectivity index (χ2v) is 6.67. The van der Waals surface area contributed by atoms with Crippen LogP contribution < -0.4 is 11.5 Å². The summed E-state index contributed by atoms with van der Waals surface area (Å²) in [5.74, 6) is -0.385. The van der Waals surface area contributed by atoms with E-state index >= 15 is 0 Å². The van der Waals surface area contributed by atoms with Gasteiger partial charge in [0.15, 0.2) is 4.99 Å². The molecule has 0 aliphatic rings. The van der Waals surface area contributed by atoms with Gasteiger partial charge in [-0.3, -0.25) is 16.0 Å². The number of hydrogen-bond acceptors (Lipinski definition) is 4. The average Bonchev–Trinajstić information content (AvgIpc) is 2.26. The van der Waals surface area contributed by atoms with Crippen molar-refractivity contribution < 1.29 is 13.0 Å². The summed E-state index contributed by atoms with van der Waals surface area (Å²) in [6.07, 6.45) is 7.27. The Morgan fingerprint density at radius 3 is 1.94 bits per heavy atom. The van der Waals surface area contributed by atoms with Crippen LogP contribution in [0, 0.1) is 5.92 Å². The van der Waals surface area contributed by atoms with Crippen LogP contribution in [0.15, 0.2) is 0 Å². The molecule has 6 heteroatoms. The van der Waals surface area contributed by atoms with Gasteiger partial charge in [-0.2, -0.15) is 8.42 Å². The van der Waals surface area contributed by atoms with Crippen molar-refractivity contribution in [3.8, 4) is 0 Å². The highest BCUT2D eigenvalue weighted by Crippen LogP contribution is 2.26. The third kappa shape index (κ3) is 5.65. The number of rotatable bonds is 10. The fraction of sp³-hybridized carbons (Fsp3) is 1.00. The molecule has 0 rings (SSSR count). The zero-order valence-corrected chi connectivity index (χ0v) is 12.4. The van der Waals surface area contributed by atoms with Crippen molar-refractivity contribution in [2.45, 2.75) is 70.2 Å². The predicted molar refractivity (Wildman–Crippen MR) is 74.4 cm³/mol. The van der Waals surface area contributed by atoms with Crippen LogP contribution in [-0.2, 0) is 10.1 Å². The van der Waals surface area contributed by atoms with E-state index in [1.165, 1.54) is 0 Å². The molecule has 1 atom stereocenters. The molecule has 5 N–H and O–H groups in total. The maximum atomic E-state index is 11.3. The highest BCUT2D eigenvalue weighted by Gasteiger charge is 2.41. The highest BCUT2D eigenvalue weighted by atomic mass is 32.2. The molecule has 1 unspecified atom stereocenters. The van der Waals surface area contributed by atoms with Crippen LogP contribution in [0.5, 0.6) is 0 Å². The first kappa shape index (κ1) is 17.8. The van der Waals surface area contributed by atoms with Crippen molar-refractivity contribution >= 4 is 10.1 Å². The molecule has 0 aliphatic carbocycles. The van der Waals surface area contributed by atoms with Gasteiger partial charge in [0.25, 0.3) is 10.1 Å². The maximum Gasteiger partial charge on any atom is 0.297 e. The summed E-state index contributed by atoms with van der Waals surface area (Å²) in [5, 5.41) is 0. The van der Waals surface area contributed by atoms with Crippen LogP contribution in [0.1, 0.15) is 65.2 Å². The summed E-state index contributed by atoms with van der Waals surface area (Å²) in [7, 11) is -4.42. The third-order valence-electron chi connectivity index (χ3n) is 3.40. The molecule has 0 aromatic rings. The van der Waals surface area contributed by atoms with E-state index in [0.29, 0.717) is 12.8 Å².